The molecule has 0 N–H and O–H groups in total. The second-order valence-electron chi connectivity index (χ2n) is 3.85. The van der Waals surface area contributed by atoms with Crippen LogP contribution in [0.5, 0.6) is 5.88 Å². The number of rotatable bonds is 3. The van der Waals surface area contributed by atoms with Crippen LogP contribution in [0.3, 0.4) is 0 Å². The Balaban J connectivity index is 2.51. The predicted octanol–water partition coefficient (Wildman–Crippen LogP) is 4.13. The van der Waals surface area contributed by atoms with Gasteiger partial charge in [-0.3, -0.25) is 0 Å². The second-order valence-corrected chi connectivity index (χ2v) is 4.70. The molecule has 1 aromatic heterocycles. The number of nitriles is 1. The number of benzene rings is 1. The molecule has 0 saturated heterocycles. The number of nitrogens with zero attached hydrogens (tertiary/aromatic N) is 2. The first-order valence-corrected chi connectivity index (χ1v) is 6.26. The first kappa shape index (κ1) is 13.7. The van der Waals surface area contributed by atoms with Gasteiger partial charge in [0.1, 0.15) is 0 Å². The second kappa shape index (κ2) is 5.92. The Kier molecular flexibility index (Phi) is 4.26. The maximum absolute atomic E-state index is 8.82. The van der Waals surface area contributed by atoms with Crippen molar-refractivity contribution in [2.75, 3.05) is 7.11 Å². The number of methoxy groups -OCH3 is 1. The van der Waals surface area contributed by atoms with Crippen molar-refractivity contribution in [1.29, 1.82) is 5.26 Å². The number of halogens is 2. The predicted molar refractivity (Wildman–Crippen MR) is 75.6 cm³/mol. The van der Waals surface area contributed by atoms with Crippen LogP contribution in [-0.4, -0.2) is 12.1 Å². The number of aromatic nitrogens is 1. The van der Waals surface area contributed by atoms with Crippen LogP contribution in [0.2, 0.25) is 10.0 Å². The number of pyridine rings is 1. The number of ether oxygens (including phenoxy) is 1. The van der Waals surface area contributed by atoms with E-state index < -0.39 is 0 Å². The zero-order chi connectivity index (χ0) is 13.8. The van der Waals surface area contributed by atoms with E-state index in [1.54, 1.807) is 18.3 Å². The minimum Gasteiger partial charge on any atom is -0.481 e. The largest absolute Gasteiger partial charge is 0.481 e. The molecular formula is C14H10Cl2N2O. The van der Waals surface area contributed by atoms with Crippen molar-refractivity contribution in [3.63, 3.8) is 0 Å². The fraction of sp³-hybridized carbons (Fsp3) is 0.143. The SMILES string of the molecule is COc1ncc(-c2ccc(Cl)cc2Cl)cc1CC#N. The quantitative estimate of drug-likeness (QED) is 0.854. The summed E-state index contributed by atoms with van der Waals surface area (Å²) in [4.78, 5) is 4.19. The van der Waals surface area contributed by atoms with E-state index in [0.717, 1.165) is 16.7 Å². The lowest BCUT2D eigenvalue weighted by Gasteiger charge is -2.09. The topological polar surface area (TPSA) is 45.9 Å². The third kappa shape index (κ3) is 2.98. The van der Waals surface area contributed by atoms with Crippen molar-refractivity contribution in [2.45, 2.75) is 6.42 Å². The highest BCUT2D eigenvalue weighted by Gasteiger charge is 2.10. The van der Waals surface area contributed by atoms with Crippen LogP contribution in [0, 0.1) is 11.3 Å². The molecule has 2 aromatic rings. The van der Waals surface area contributed by atoms with Crippen LogP contribution in [-0.2, 0) is 6.42 Å². The summed E-state index contributed by atoms with van der Waals surface area (Å²) in [6.07, 6.45) is 1.89. The molecule has 0 aliphatic rings. The molecule has 0 aliphatic carbocycles. The van der Waals surface area contributed by atoms with Gasteiger partial charge in [0, 0.05) is 32.9 Å². The average molecular weight is 293 g/mol. The summed E-state index contributed by atoms with van der Waals surface area (Å²) >= 11 is 12.0. The molecule has 1 aromatic carbocycles. The Morgan fingerprint density at radius 1 is 1.32 bits per heavy atom. The van der Waals surface area contributed by atoms with Gasteiger partial charge >= 0.3 is 0 Å². The van der Waals surface area contributed by atoms with Crippen LogP contribution in [0.4, 0.5) is 0 Å². The minimum atomic E-state index is 0.231. The van der Waals surface area contributed by atoms with Crippen LogP contribution >= 0.6 is 23.2 Å². The van der Waals surface area contributed by atoms with Crippen LogP contribution in [0.1, 0.15) is 5.56 Å². The lowest BCUT2D eigenvalue weighted by molar-refractivity contribution is 0.394. The minimum absolute atomic E-state index is 0.231. The van der Waals surface area contributed by atoms with E-state index in [2.05, 4.69) is 11.1 Å². The normalized spacial score (nSPS) is 10.0. The molecular weight excluding hydrogens is 283 g/mol. The molecule has 0 aliphatic heterocycles. The van der Waals surface area contributed by atoms with E-state index in [4.69, 9.17) is 33.2 Å². The summed E-state index contributed by atoms with van der Waals surface area (Å²) in [6, 6.07) is 9.20. The summed E-state index contributed by atoms with van der Waals surface area (Å²) < 4.78 is 5.12. The van der Waals surface area contributed by atoms with Gasteiger partial charge in [-0.15, -0.1) is 0 Å². The van der Waals surface area contributed by atoms with Gasteiger partial charge in [-0.05, 0) is 18.2 Å². The first-order valence-electron chi connectivity index (χ1n) is 5.51. The highest BCUT2D eigenvalue weighted by molar-refractivity contribution is 6.36. The lowest BCUT2D eigenvalue weighted by atomic mass is 10.0. The first-order chi connectivity index (χ1) is 9.15. The zero-order valence-corrected chi connectivity index (χ0v) is 11.7. The summed E-state index contributed by atoms with van der Waals surface area (Å²) in [6.45, 7) is 0. The van der Waals surface area contributed by atoms with E-state index in [1.807, 2.05) is 12.1 Å². The fourth-order valence-corrected chi connectivity index (χ4v) is 2.28. The highest BCUT2D eigenvalue weighted by Crippen LogP contribution is 2.32. The molecule has 19 heavy (non-hydrogen) atoms. The van der Waals surface area contributed by atoms with Crippen molar-refractivity contribution in [2.24, 2.45) is 0 Å². The van der Waals surface area contributed by atoms with Gasteiger partial charge in [0.05, 0.1) is 19.6 Å². The molecule has 0 fully saturated rings. The maximum Gasteiger partial charge on any atom is 0.217 e. The van der Waals surface area contributed by atoms with Gasteiger partial charge in [-0.25, -0.2) is 4.98 Å². The molecule has 0 amide bonds. The molecule has 0 spiro atoms. The van der Waals surface area contributed by atoms with Gasteiger partial charge < -0.3 is 4.74 Å². The molecule has 5 heteroatoms. The van der Waals surface area contributed by atoms with Crippen molar-refractivity contribution < 1.29 is 4.74 Å². The third-order valence-electron chi connectivity index (χ3n) is 2.63. The summed E-state index contributed by atoms with van der Waals surface area (Å²) in [5.41, 5.74) is 2.38. The van der Waals surface area contributed by atoms with E-state index in [1.165, 1.54) is 7.11 Å². The Bertz CT molecular complexity index is 650. The van der Waals surface area contributed by atoms with Crippen LogP contribution < -0.4 is 4.74 Å². The van der Waals surface area contributed by atoms with Crippen molar-refractivity contribution in [3.8, 4) is 23.1 Å². The van der Waals surface area contributed by atoms with Crippen molar-refractivity contribution in [3.05, 3.63) is 46.1 Å². The summed E-state index contributed by atoms with van der Waals surface area (Å²) in [7, 11) is 1.53. The molecule has 0 unspecified atom stereocenters. The molecule has 2 rings (SSSR count). The molecule has 1 heterocycles. The molecule has 0 radical (unpaired) electrons. The van der Waals surface area contributed by atoms with Crippen molar-refractivity contribution in [1.82, 2.24) is 4.98 Å². The van der Waals surface area contributed by atoms with Crippen molar-refractivity contribution >= 4 is 23.2 Å². The summed E-state index contributed by atoms with van der Waals surface area (Å²) in [5, 5.41) is 9.94. The van der Waals surface area contributed by atoms with Gasteiger partial charge in [0.25, 0.3) is 0 Å². The summed E-state index contributed by atoms with van der Waals surface area (Å²) in [5.74, 6) is 0.454. The average Bonchev–Trinajstić information content (AvgIpc) is 2.39. The third-order valence-corrected chi connectivity index (χ3v) is 3.18. The van der Waals surface area contributed by atoms with Gasteiger partial charge in [-0.2, -0.15) is 5.26 Å². The molecule has 0 saturated carbocycles. The van der Waals surface area contributed by atoms with Crippen LogP contribution in [0.25, 0.3) is 11.1 Å². The fourth-order valence-electron chi connectivity index (χ4n) is 1.76. The maximum atomic E-state index is 8.82. The van der Waals surface area contributed by atoms with Crippen LogP contribution in [0.15, 0.2) is 30.5 Å². The molecule has 0 bridgehead atoms. The van der Waals surface area contributed by atoms with E-state index >= 15 is 0 Å². The van der Waals surface area contributed by atoms with E-state index in [-0.39, 0.29) is 6.42 Å². The Labute approximate surface area is 121 Å². The van der Waals surface area contributed by atoms with Gasteiger partial charge in [0.15, 0.2) is 0 Å². The van der Waals surface area contributed by atoms with Gasteiger partial charge in [0.2, 0.25) is 5.88 Å². The Morgan fingerprint density at radius 2 is 2.11 bits per heavy atom. The molecule has 0 atom stereocenters. The molecule has 3 nitrogen and oxygen atoms in total. The zero-order valence-electron chi connectivity index (χ0n) is 10.2. The Morgan fingerprint density at radius 3 is 2.74 bits per heavy atom. The van der Waals surface area contributed by atoms with E-state index in [0.29, 0.717) is 15.9 Å². The number of hydrogen-bond donors (Lipinski definition) is 0. The van der Waals surface area contributed by atoms with Gasteiger partial charge in [-0.1, -0.05) is 29.3 Å². The monoisotopic (exact) mass is 292 g/mol. The smallest absolute Gasteiger partial charge is 0.217 e. The number of hydrogen-bond acceptors (Lipinski definition) is 3. The molecule has 96 valence electrons. The van der Waals surface area contributed by atoms with E-state index in [9.17, 15) is 0 Å². The lowest BCUT2D eigenvalue weighted by Crippen LogP contribution is -1.95. The Hall–Kier alpha value is -1.76. The highest BCUT2D eigenvalue weighted by atomic mass is 35.5. The standard InChI is InChI=1S/C14H10Cl2N2O/c1-19-14-9(4-5-17)6-10(8-18-14)12-3-2-11(15)7-13(12)16/h2-3,6-8H,4H2,1H3.